The molecule has 0 amide bonds. The molecular formula is C12H27NO2. The largest absolute Gasteiger partial charge is 0.394 e. The van der Waals surface area contributed by atoms with Gasteiger partial charge in [0, 0.05) is 18.7 Å². The summed E-state index contributed by atoms with van der Waals surface area (Å²) in [6.07, 6.45) is 1.85. The van der Waals surface area contributed by atoms with E-state index in [2.05, 4.69) is 19.2 Å². The summed E-state index contributed by atoms with van der Waals surface area (Å²) < 4.78 is 5.40. The molecule has 15 heavy (non-hydrogen) atoms. The van der Waals surface area contributed by atoms with Crippen LogP contribution >= 0.6 is 0 Å². The van der Waals surface area contributed by atoms with Crippen LogP contribution in [0.4, 0.5) is 0 Å². The van der Waals surface area contributed by atoms with Gasteiger partial charge in [0.15, 0.2) is 0 Å². The van der Waals surface area contributed by atoms with Crippen LogP contribution in [0.1, 0.15) is 47.5 Å². The van der Waals surface area contributed by atoms with E-state index < -0.39 is 0 Å². The molecule has 0 saturated carbocycles. The Balaban J connectivity index is 4.43. The predicted octanol–water partition coefficient (Wildman–Crippen LogP) is 1.94. The number of aliphatic hydroxyl groups is 1. The Morgan fingerprint density at radius 1 is 1.33 bits per heavy atom. The van der Waals surface area contributed by atoms with Crippen molar-refractivity contribution in [2.24, 2.45) is 0 Å². The number of aliphatic hydroxyl groups excluding tert-OH is 1. The fourth-order valence-corrected chi connectivity index (χ4v) is 1.86. The van der Waals surface area contributed by atoms with Gasteiger partial charge in [-0.3, -0.25) is 0 Å². The van der Waals surface area contributed by atoms with E-state index in [9.17, 15) is 5.11 Å². The molecule has 2 atom stereocenters. The molecule has 0 saturated heterocycles. The van der Waals surface area contributed by atoms with E-state index >= 15 is 0 Å². The monoisotopic (exact) mass is 217 g/mol. The summed E-state index contributed by atoms with van der Waals surface area (Å²) in [6, 6.07) is 0.412. The molecular weight excluding hydrogens is 190 g/mol. The molecule has 0 aliphatic heterocycles. The first kappa shape index (κ1) is 14.9. The molecule has 0 aliphatic rings. The molecule has 0 rings (SSSR count). The Morgan fingerprint density at radius 3 is 2.20 bits per heavy atom. The van der Waals surface area contributed by atoms with Crippen molar-refractivity contribution in [1.82, 2.24) is 5.32 Å². The van der Waals surface area contributed by atoms with Gasteiger partial charge in [-0.15, -0.1) is 0 Å². The van der Waals surface area contributed by atoms with Gasteiger partial charge in [0.1, 0.15) is 0 Å². The normalized spacial score (nSPS) is 18.6. The first-order valence-electron chi connectivity index (χ1n) is 5.72. The van der Waals surface area contributed by atoms with Crippen LogP contribution in [0, 0.1) is 0 Å². The standard InChI is InChI=1S/C12H27NO2/c1-7-10(2)13-12(5,9-14)8-11(3,4)15-6/h10,13-14H,7-9H2,1-6H3. The number of methoxy groups -OCH3 is 1. The Morgan fingerprint density at radius 2 is 1.87 bits per heavy atom. The third-order valence-corrected chi connectivity index (χ3v) is 2.92. The lowest BCUT2D eigenvalue weighted by atomic mass is 9.87. The van der Waals surface area contributed by atoms with Crippen LogP contribution in [0.5, 0.6) is 0 Å². The number of rotatable bonds is 7. The first-order chi connectivity index (χ1) is 6.78. The zero-order valence-electron chi connectivity index (χ0n) is 11.1. The van der Waals surface area contributed by atoms with Gasteiger partial charge in [-0.2, -0.15) is 0 Å². The summed E-state index contributed by atoms with van der Waals surface area (Å²) in [4.78, 5) is 0. The molecule has 0 radical (unpaired) electrons. The summed E-state index contributed by atoms with van der Waals surface area (Å²) in [5, 5.41) is 12.9. The number of hydrogen-bond donors (Lipinski definition) is 2. The minimum absolute atomic E-state index is 0.129. The maximum Gasteiger partial charge on any atom is 0.0641 e. The van der Waals surface area contributed by atoms with Crippen molar-refractivity contribution in [3.63, 3.8) is 0 Å². The van der Waals surface area contributed by atoms with E-state index in [4.69, 9.17) is 4.74 Å². The van der Waals surface area contributed by atoms with Gasteiger partial charge < -0.3 is 15.2 Å². The van der Waals surface area contributed by atoms with E-state index in [-0.39, 0.29) is 17.7 Å². The number of hydrogen-bond acceptors (Lipinski definition) is 3. The van der Waals surface area contributed by atoms with Crippen molar-refractivity contribution >= 4 is 0 Å². The van der Waals surface area contributed by atoms with Crippen LogP contribution in [0.15, 0.2) is 0 Å². The molecule has 2 N–H and O–H groups in total. The third kappa shape index (κ3) is 5.50. The lowest BCUT2D eigenvalue weighted by Gasteiger charge is -2.38. The lowest BCUT2D eigenvalue weighted by molar-refractivity contribution is -0.0182. The maximum absolute atomic E-state index is 9.47. The second-order valence-electron chi connectivity index (χ2n) is 5.31. The molecule has 0 fully saturated rings. The SMILES string of the molecule is CCC(C)NC(C)(CO)CC(C)(C)OC. The highest BCUT2D eigenvalue weighted by Crippen LogP contribution is 2.23. The Kier molecular flexibility index (Phi) is 5.78. The van der Waals surface area contributed by atoms with Crippen molar-refractivity contribution in [3.8, 4) is 0 Å². The minimum Gasteiger partial charge on any atom is -0.394 e. The van der Waals surface area contributed by atoms with Crippen LogP contribution in [-0.4, -0.2) is 36.0 Å². The molecule has 3 nitrogen and oxygen atoms in total. The highest BCUT2D eigenvalue weighted by molar-refractivity contribution is 4.90. The zero-order valence-corrected chi connectivity index (χ0v) is 11.1. The second-order valence-corrected chi connectivity index (χ2v) is 5.31. The lowest BCUT2D eigenvalue weighted by Crippen LogP contribution is -2.53. The van der Waals surface area contributed by atoms with Gasteiger partial charge in [0.2, 0.25) is 0 Å². The number of ether oxygens (including phenoxy) is 1. The Labute approximate surface area is 94.2 Å². The molecule has 0 bridgehead atoms. The van der Waals surface area contributed by atoms with Crippen molar-refractivity contribution in [2.75, 3.05) is 13.7 Å². The quantitative estimate of drug-likeness (QED) is 0.685. The molecule has 0 aliphatic carbocycles. The van der Waals surface area contributed by atoms with Gasteiger partial charge in [0.25, 0.3) is 0 Å². The van der Waals surface area contributed by atoms with Crippen LogP contribution in [0.2, 0.25) is 0 Å². The molecule has 2 unspecified atom stereocenters. The van der Waals surface area contributed by atoms with Gasteiger partial charge in [0.05, 0.1) is 12.2 Å². The van der Waals surface area contributed by atoms with Gasteiger partial charge in [-0.05, 0) is 40.5 Å². The summed E-state index contributed by atoms with van der Waals surface area (Å²) in [7, 11) is 1.71. The van der Waals surface area contributed by atoms with Crippen molar-refractivity contribution in [1.29, 1.82) is 0 Å². The molecule has 0 aromatic heterocycles. The fourth-order valence-electron chi connectivity index (χ4n) is 1.86. The van der Waals surface area contributed by atoms with E-state index in [1.807, 2.05) is 20.8 Å². The molecule has 0 spiro atoms. The van der Waals surface area contributed by atoms with E-state index in [1.165, 1.54) is 0 Å². The molecule has 0 heterocycles. The van der Waals surface area contributed by atoms with Crippen LogP contribution in [-0.2, 0) is 4.74 Å². The molecule has 3 heteroatoms. The highest BCUT2D eigenvalue weighted by atomic mass is 16.5. The summed E-state index contributed by atoms with van der Waals surface area (Å²) in [5.41, 5.74) is -0.479. The minimum atomic E-state index is -0.269. The predicted molar refractivity (Wildman–Crippen MR) is 64.1 cm³/mol. The summed E-state index contributed by atoms with van der Waals surface area (Å²) in [6.45, 7) is 10.5. The summed E-state index contributed by atoms with van der Waals surface area (Å²) >= 11 is 0. The molecule has 92 valence electrons. The first-order valence-corrected chi connectivity index (χ1v) is 5.72. The van der Waals surface area contributed by atoms with Crippen molar-refractivity contribution in [3.05, 3.63) is 0 Å². The van der Waals surface area contributed by atoms with E-state index in [1.54, 1.807) is 7.11 Å². The van der Waals surface area contributed by atoms with E-state index in [0.29, 0.717) is 6.04 Å². The number of nitrogens with one attached hydrogen (secondary N) is 1. The molecule has 0 aromatic rings. The topological polar surface area (TPSA) is 41.5 Å². The zero-order chi connectivity index (χ0) is 12.1. The maximum atomic E-state index is 9.47. The van der Waals surface area contributed by atoms with Gasteiger partial charge in [-0.25, -0.2) is 0 Å². The fraction of sp³-hybridized carbons (Fsp3) is 1.00. The van der Waals surface area contributed by atoms with Crippen LogP contribution < -0.4 is 5.32 Å². The van der Waals surface area contributed by atoms with E-state index in [0.717, 1.165) is 12.8 Å². The van der Waals surface area contributed by atoms with Crippen LogP contribution in [0.25, 0.3) is 0 Å². The average Bonchev–Trinajstić information content (AvgIpc) is 2.17. The third-order valence-electron chi connectivity index (χ3n) is 2.92. The van der Waals surface area contributed by atoms with Gasteiger partial charge >= 0.3 is 0 Å². The van der Waals surface area contributed by atoms with Crippen LogP contribution in [0.3, 0.4) is 0 Å². The Hall–Kier alpha value is -0.120. The molecule has 0 aromatic carbocycles. The summed E-state index contributed by atoms with van der Waals surface area (Å²) in [5.74, 6) is 0. The van der Waals surface area contributed by atoms with Crippen molar-refractivity contribution in [2.45, 2.75) is 64.6 Å². The highest BCUT2D eigenvalue weighted by Gasteiger charge is 2.32. The van der Waals surface area contributed by atoms with Gasteiger partial charge in [-0.1, -0.05) is 6.92 Å². The Bertz CT molecular complexity index is 182. The van der Waals surface area contributed by atoms with Crippen molar-refractivity contribution < 1.29 is 9.84 Å². The second kappa shape index (κ2) is 5.83. The smallest absolute Gasteiger partial charge is 0.0641 e. The average molecular weight is 217 g/mol.